The zero-order valence-electron chi connectivity index (χ0n) is 19.7. The number of rotatable bonds is 4. The summed E-state index contributed by atoms with van der Waals surface area (Å²) in [5.41, 5.74) is 3.73. The number of pyridine rings is 1. The van der Waals surface area contributed by atoms with Crippen molar-refractivity contribution in [3.63, 3.8) is 0 Å². The molecule has 2 rings (SSSR count). The SMILES string of the molecule is Cc1ccc(C(C)C)cc1.O.O=C(O)C(=O)O.O=C(O)CCc1cccnc1.[CH3-].[Cl][Pt+2][Cl].[NH2-].[NH2-].[Ru+]. The summed E-state index contributed by atoms with van der Waals surface area (Å²) in [4.78, 5) is 32.2. The van der Waals surface area contributed by atoms with Crippen LogP contribution in [0.1, 0.15) is 42.9 Å². The molecule has 0 bridgehead atoms. The van der Waals surface area contributed by atoms with Crippen LogP contribution in [0.15, 0.2) is 48.8 Å². The molecule has 0 unspecified atom stereocenters. The van der Waals surface area contributed by atoms with Crippen molar-refractivity contribution >= 4 is 36.7 Å². The van der Waals surface area contributed by atoms with E-state index in [0.717, 1.165) is 5.56 Å². The Morgan fingerprint density at radius 2 is 1.40 bits per heavy atom. The third-order valence-electron chi connectivity index (χ3n) is 3.28. The van der Waals surface area contributed by atoms with E-state index in [4.69, 9.17) is 43.7 Å². The van der Waals surface area contributed by atoms with Crippen LogP contribution in [0.3, 0.4) is 0 Å². The molecule has 0 aliphatic rings. The first-order valence-electron chi connectivity index (χ1n) is 8.50. The average Bonchev–Trinajstić information content (AvgIpc) is 2.69. The normalized spacial score (nSPS) is 7.83. The Morgan fingerprint density at radius 3 is 1.69 bits per heavy atom. The van der Waals surface area contributed by atoms with Gasteiger partial charge in [-0.25, -0.2) is 9.59 Å². The molecular weight excluding hydrogens is 773 g/mol. The Hall–Kier alpha value is -1.45. The van der Waals surface area contributed by atoms with Gasteiger partial charge >= 0.3 is 72.7 Å². The molecule has 0 saturated heterocycles. The number of nitrogens with zero attached hydrogens (tertiary/aromatic N) is 1. The van der Waals surface area contributed by atoms with E-state index in [1.807, 2.05) is 6.07 Å². The maximum Gasteiger partial charge on any atom is 1.00 e. The van der Waals surface area contributed by atoms with Crippen LogP contribution in [-0.4, -0.2) is 43.7 Å². The molecule has 0 amide bonds. The number of nitrogens with two attached hydrogens (primary N) is 2. The van der Waals surface area contributed by atoms with E-state index in [9.17, 15) is 4.79 Å². The Bertz CT molecular complexity index is 748. The van der Waals surface area contributed by atoms with Gasteiger partial charge in [-0.1, -0.05) is 49.7 Å². The van der Waals surface area contributed by atoms with E-state index in [1.165, 1.54) is 11.1 Å². The fourth-order valence-electron chi connectivity index (χ4n) is 1.75. The maximum absolute atomic E-state index is 10.2. The van der Waals surface area contributed by atoms with Crippen molar-refractivity contribution in [2.24, 2.45) is 0 Å². The Balaban J connectivity index is -0.0000000612. The molecule has 0 aliphatic carbocycles. The van der Waals surface area contributed by atoms with Gasteiger partial charge in [-0.2, -0.15) is 0 Å². The molecule has 0 atom stereocenters. The summed E-state index contributed by atoms with van der Waals surface area (Å²) in [5.74, 6) is -3.76. The van der Waals surface area contributed by atoms with Crippen molar-refractivity contribution in [3.05, 3.63) is 85.2 Å². The molecule has 1 aromatic carbocycles. The number of aryl methyl sites for hydroxylation is 2. The zero-order chi connectivity index (χ0) is 23.5. The molecule has 1 radical (unpaired) electrons. The summed E-state index contributed by atoms with van der Waals surface area (Å²) < 4.78 is 0. The molecule has 10 nitrogen and oxygen atoms in total. The zero-order valence-corrected chi connectivity index (χ0v) is 25.2. The van der Waals surface area contributed by atoms with Crippen molar-refractivity contribution in [3.8, 4) is 0 Å². The van der Waals surface area contributed by atoms with Gasteiger partial charge in [0.1, 0.15) is 0 Å². The van der Waals surface area contributed by atoms with Crippen LogP contribution in [0.2, 0.25) is 0 Å². The van der Waals surface area contributed by atoms with E-state index in [1.54, 1.807) is 18.5 Å². The predicted molar refractivity (Wildman–Crippen MR) is 133 cm³/mol. The van der Waals surface area contributed by atoms with Gasteiger partial charge in [0.2, 0.25) is 0 Å². The summed E-state index contributed by atoms with van der Waals surface area (Å²) in [6.07, 6.45) is 4.09. The third-order valence-corrected chi connectivity index (χ3v) is 3.28. The molecular formula is C21H34Cl2N3O7PtRu. The molecule has 0 spiro atoms. The van der Waals surface area contributed by atoms with E-state index in [-0.39, 0.29) is 51.1 Å². The Labute approximate surface area is 236 Å². The van der Waals surface area contributed by atoms with Crippen LogP contribution in [0.4, 0.5) is 0 Å². The van der Waals surface area contributed by atoms with Gasteiger partial charge in [0.05, 0.1) is 0 Å². The first-order chi connectivity index (χ1) is 14.0. The average molecular weight is 808 g/mol. The van der Waals surface area contributed by atoms with Crippen LogP contribution in [0.5, 0.6) is 0 Å². The fraction of sp³-hybridized carbons (Fsp3) is 0.286. The number of carboxylic acids is 3. The number of aliphatic carboxylic acids is 3. The molecule has 35 heavy (non-hydrogen) atoms. The molecule has 9 N–H and O–H groups in total. The minimum absolute atomic E-state index is 0. The van der Waals surface area contributed by atoms with Crippen LogP contribution in [0.25, 0.3) is 12.3 Å². The number of aromatic nitrogens is 1. The topological polar surface area (TPSA) is 223 Å². The summed E-state index contributed by atoms with van der Waals surface area (Å²) in [7, 11) is 9.75. The number of hydrogen-bond donors (Lipinski definition) is 3. The molecule has 207 valence electrons. The summed E-state index contributed by atoms with van der Waals surface area (Å²) in [5, 5.41) is 23.1. The van der Waals surface area contributed by atoms with Crippen LogP contribution in [0, 0.1) is 14.4 Å². The van der Waals surface area contributed by atoms with Gasteiger partial charge < -0.3 is 40.5 Å². The number of hydrogen-bond acceptors (Lipinski definition) is 4. The summed E-state index contributed by atoms with van der Waals surface area (Å²) in [6, 6.07) is 12.4. The van der Waals surface area contributed by atoms with E-state index in [2.05, 4.69) is 50.0 Å². The monoisotopic (exact) mass is 807 g/mol. The predicted octanol–water partition coefficient (Wildman–Crippen LogP) is 5.81. The molecule has 0 fully saturated rings. The number of halogens is 2. The van der Waals surface area contributed by atoms with Gasteiger partial charge in [-0.3, -0.25) is 9.78 Å². The van der Waals surface area contributed by atoms with Crippen molar-refractivity contribution in [2.75, 3.05) is 0 Å². The Kier molecular flexibility index (Phi) is 46.9. The maximum atomic E-state index is 10.2. The molecule has 0 saturated carbocycles. The fourth-order valence-corrected chi connectivity index (χ4v) is 1.75. The minimum Gasteiger partial charge on any atom is -0.693 e. The van der Waals surface area contributed by atoms with E-state index in [0.29, 0.717) is 12.3 Å². The summed E-state index contributed by atoms with van der Waals surface area (Å²) >= 11 is -0.472. The number of carbonyl (C=O) groups is 3. The van der Waals surface area contributed by atoms with Gasteiger partial charge in [-0.05, 0) is 36.5 Å². The first-order valence-corrected chi connectivity index (χ1v) is 14.1. The van der Waals surface area contributed by atoms with Crippen molar-refractivity contribution in [1.82, 2.24) is 4.98 Å². The van der Waals surface area contributed by atoms with E-state index < -0.39 is 34.4 Å². The van der Waals surface area contributed by atoms with Crippen LogP contribution >= 0.6 is 18.8 Å². The second kappa shape index (κ2) is 32.6. The second-order valence-electron chi connectivity index (χ2n) is 5.98. The standard InChI is InChI=1S/C10H14.C8H9NO2.C2H2O4.CH3.2ClH.2H2N.H2O.Pt.Ru/c1-8(2)10-6-4-9(3)5-7-10;10-8(11)4-3-7-2-1-5-9-6-7;3-1(4)2(5)6;;;;;;;;/h4-8H,1-3H3;1-2,5-6H,3-4H2,(H,10,11);(H,3,4)(H,5,6);1H3;2*1H;3*1H2;;/q;;;-1;;;2*-1;;+4;+1/p-2. The number of benzene rings is 1. The van der Waals surface area contributed by atoms with Gasteiger partial charge in [-0.15, -0.1) is 0 Å². The summed E-state index contributed by atoms with van der Waals surface area (Å²) in [6.45, 7) is 6.54. The minimum atomic E-state index is -1.82. The van der Waals surface area contributed by atoms with Gasteiger partial charge in [0.25, 0.3) is 0 Å². The second-order valence-corrected chi connectivity index (χ2v) is 9.26. The largest absolute Gasteiger partial charge is 1.00 e. The Morgan fingerprint density at radius 1 is 0.971 bits per heavy atom. The van der Waals surface area contributed by atoms with E-state index >= 15 is 0 Å². The third kappa shape index (κ3) is 34.8. The van der Waals surface area contributed by atoms with Crippen LogP contribution < -0.4 is 0 Å². The van der Waals surface area contributed by atoms with Gasteiger partial charge in [0, 0.05) is 18.8 Å². The van der Waals surface area contributed by atoms with Crippen molar-refractivity contribution in [2.45, 2.75) is 39.5 Å². The number of carboxylic acid groups (broad SMARTS) is 3. The van der Waals surface area contributed by atoms with Crippen LogP contribution in [-0.2, 0) is 56.8 Å². The first kappa shape index (κ1) is 50.4. The smallest absolute Gasteiger partial charge is 0.693 e. The van der Waals surface area contributed by atoms with Gasteiger partial charge in [0.15, 0.2) is 0 Å². The molecule has 2 aromatic rings. The molecule has 0 aliphatic heterocycles. The quantitative estimate of drug-likeness (QED) is 0.195. The van der Waals surface area contributed by atoms with Crippen molar-refractivity contribution in [1.29, 1.82) is 0 Å². The molecule has 1 heterocycles. The molecule has 14 heteroatoms. The van der Waals surface area contributed by atoms with Crippen molar-refractivity contribution < 1.29 is 71.1 Å². The molecule has 1 aromatic heterocycles.